The molecule has 240 valence electrons. The van der Waals surface area contributed by atoms with Crippen LogP contribution < -0.4 is 30.3 Å². The van der Waals surface area contributed by atoms with Gasteiger partial charge in [0, 0.05) is 49.6 Å². The van der Waals surface area contributed by atoms with Crippen molar-refractivity contribution in [1.29, 1.82) is 0 Å². The van der Waals surface area contributed by atoms with Crippen LogP contribution in [0.2, 0.25) is 0 Å². The Morgan fingerprint density at radius 1 is 0.744 bits per heavy atom. The van der Waals surface area contributed by atoms with Crippen molar-refractivity contribution in [1.82, 2.24) is 14.8 Å². The van der Waals surface area contributed by atoms with Crippen LogP contribution in [0.5, 0.6) is 0 Å². The molecule has 43 heavy (non-hydrogen) atoms. The zero-order chi connectivity index (χ0) is 31.8. The summed E-state index contributed by atoms with van der Waals surface area (Å²) in [7, 11) is -3.95. The Labute approximate surface area is 256 Å². The summed E-state index contributed by atoms with van der Waals surface area (Å²) in [5.74, 6) is 0. The standard InChI is InChI=1S/C17H27N3O4S.C12H19N3O2S/c1-17(2,3)24-16(21)19-13-9-11-20(12-10-13)14-5-7-15(8-6-14)25(22,23)18-4;1-14-18(16,17)12-4-2-11(3-5-12)15-8-6-10(13)7-9-15/h5-8,13,18H,9-12H2,1-4H3,(H,19,21);2-5,10,14H,6-9,13H2,1H3. The van der Waals surface area contributed by atoms with E-state index in [9.17, 15) is 21.6 Å². The summed E-state index contributed by atoms with van der Waals surface area (Å²) in [6.45, 7) is 8.96. The molecule has 2 aliphatic rings. The van der Waals surface area contributed by atoms with Gasteiger partial charge in [0.2, 0.25) is 20.0 Å². The molecule has 0 unspecified atom stereocenters. The van der Waals surface area contributed by atoms with Gasteiger partial charge < -0.3 is 25.6 Å². The molecule has 14 heteroatoms. The number of anilines is 2. The molecule has 4 rings (SSSR count). The SMILES string of the molecule is CNS(=O)(=O)c1ccc(N2CCC(N)CC2)cc1.CNS(=O)(=O)c1ccc(N2CCC(NC(=O)OC(C)(C)C)CC2)cc1. The largest absolute Gasteiger partial charge is 0.444 e. The van der Waals surface area contributed by atoms with Crippen molar-refractivity contribution < 1.29 is 26.4 Å². The molecular weight excluding hydrogens is 592 g/mol. The van der Waals surface area contributed by atoms with Gasteiger partial charge in [0.1, 0.15) is 5.60 Å². The monoisotopic (exact) mass is 638 g/mol. The number of benzene rings is 2. The van der Waals surface area contributed by atoms with Gasteiger partial charge in [-0.05, 0) is 109 Å². The van der Waals surface area contributed by atoms with Crippen molar-refractivity contribution in [3.05, 3.63) is 48.5 Å². The van der Waals surface area contributed by atoms with Gasteiger partial charge in [-0.3, -0.25) is 0 Å². The summed E-state index contributed by atoms with van der Waals surface area (Å²) in [5, 5.41) is 2.91. The Hall–Kier alpha value is -2.91. The quantitative estimate of drug-likeness (QED) is 0.357. The Morgan fingerprint density at radius 2 is 1.12 bits per heavy atom. The van der Waals surface area contributed by atoms with Crippen LogP contribution in [0, 0.1) is 0 Å². The highest BCUT2D eigenvalue weighted by atomic mass is 32.2. The van der Waals surface area contributed by atoms with Gasteiger partial charge in [-0.25, -0.2) is 31.1 Å². The molecule has 0 aromatic heterocycles. The van der Waals surface area contributed by atoms with Crippen LogP contribution in [0.25, 0.3) is 0 Å². The van der Waals surface area contributed by atoms with Crippen LogP contribution >= 0.6 is 0 Å². The molecule has 0 radical (unpaired) electrons. The maximum absolute atomic E-state index is 11.8. The molecule has 0 bridgehead atoms. The van der Waals surface area contributed by atoms with Crippen LogP contribution in [-0.4, -0.2) is 80.9 Å². The van der Waals surface area contributed by atoms with Crippen molar-refractivity contribution in [3.8, 4) is 0 Å². The highest BCUT2D eigenvalue weighted by Crippen LogP contribution is 2.23. The molecule has 5 N–H and O–H groups in total. The van der Waals surface area contributed by atoms with Crippen molar-refractivity contribution in [2.45, 2.75) is 73.9 Å². The van der Waals surface area contributed by atoms with Crippen LogP contribution in [0.15, 0.2) is 58.3 Å². The first-order valence-corrected chi connectivity index (χ1v) is 17.4. The van der Waals surface area contributed by atoms with E-state index in [-0.39, 0.29) is 17.0 Å². The molecule has 2 aliphatic heterocycles. The zero-order valence-corrected chi connectivity index (χ0v) is 27.3. The Balaban J connectivity index is 0.000000248. The third-order valence-corrected chi connectivity index (χ3v) is 10.2. The number of hydrogen-bond donors (Lipinski definition) is 4. The van der Waals surface area contributed by atoms with Gasteiger partial charge in [-0.15, -0.1) is 0 Å². The van der Waals surface area contributed by atoms with Crippen molar-refractivity contribution in [2.75, 3.05) is 50.1 Å². The number of amides is 1. The predicted molar refractivity (Wildman–Crippen MR) is 169 cm³/mol. The molecule has 2 fully saturated rings. The summed E-state index contributed by atoms with van der Waals surface area (Å²) in [4.78, 5) is 16.8. The number of piperidine rings is 2. The topological polar surface area (TPSA) is 163 Å². The number of hydrogen-bond acceptors (Lipinski definition) is 9. The maximum Gasteiger partial charge on any atom is 0.407 e. The van der Waals surface area contributed by atoms with Gasteiger partial charge in [-0.2, -0.15) is 0 Å². The number of nitrogens with two attached hydrogens (primary N) is 1. The van der Waals surface area contributed by atoms with Crippen molar-refractivity contribution in [2.24, 2.45) is 5.73 Å². The third-order valence-electron chi connectivity index (χ3n) is 7.32. The number of nitrogens with zero attached hydrogens (tertiary/aromatic N) is 2. The van der Waals surface area contributed by atoms with Gasteiger partial charge in [0.25, 0.3) is 0 Å². The highest BCUT2D eigenvalue weighted by Gasteiger charge is 2.24. The highest BCUT2D eigenvalue weighted by molar-refractivity contribution is 7.89. The molecule has 0 spiro atoms. The van der Waals surface area contributed by atoms with Gasteiger partial charge in [0.15, 0.2) is 0 Å². The molecule has 0 atom stereocenters. The molecule has 2 aromatic carbocycles. The van der Waals surface area contributed by atoms with Crippen LogP contribution in [0.4, 0.5) is 16.2 Å². The Kier molecular flexibility index (Phi) is 11.8. The minimum absolute atomic E-state index is 0.0926. The first kappa shape index (κ1) is 34.6. The number of carbonyl (C=O) groups is 1. The Morgan fingerprint density at radius 3 is 1.47 bits per heavy atom. The van der Waals surface area contributed by atoms with E-state index in [1.54, 1.807) is 24.3 Å². The van der Waals surface area contributed by atoms with Crippen LogP contribution in [0.3, 0.4) is 0 Å². The Bertz CT molecular complexity index is 1390. The normalized spacial score (nSPS) is 17.2. The minimum Gasteiger partial charge on any atom is -0.444 e. The van der Waals surface area contributed by atoms with Crippen molar-refractivity contribution >= 4 is 37.5 Å². The van der Waals surface area contributed by atoms with E-state index < -0.39 is 25.6 Å². The molecular formula is C29H46N6O6S2. The van der Waals surface area contributed by atoms with E-state index in [2.05, 4.69) is 24.6 Å². The number of ether oxygens (including phenoxy) is 1. The molecule has 0 saturated carbocycles. The maximum atomic E-state index is 11.8. The lowest BCUT2D eigenvalue weighted by molar-refractivity contribution is 0.0497. The molecule has 2 saturated heterocycles. The summed E-state index contributed by atoms with van der Waals surface area (Å²) in [5.41, 5.74) is 7.39. The summed E-state index contributed by atoms with van der Waals surface area (Å²) in [6.07, 6.45) is 3.21. The third kappa shape index (κ3) is 10.3. The van der Waals surface area contributed by atoms with Gasteiger partial charge in [-0.1, -0.05) is 0 Å². The molecule has 2 heterocycles. The van der Waals surface area contributed by atoms with E-state index in [0.29, 0.717) is 10.9 Å². The average molecular weight is 639 g/mol. The van der Waals surface area contributed by atoms with E-state index in [0.717, 1.165) is 63.2 Å². The first-order valence-electron chi connectivity index (χ1n) is 14.5. The molecule has 0 aliphatic carbocycles. The average Bonchev–Trinajstić information content (AvgIpc) is 2.97. The smallest absolute Gasteiger partial charge is 0.407 e. The summed E-state index contributed by atoms with van der Waals surface area (Å²) >= 11 is 0. The lowest BCUT2D eigenvalue weighted by Gasteiger charge is -2.34. The fraction of sp³-hybridized carbons (Fsp3) is 0.552. The van der Waals surface area contributed by atoms with E-state index in [1.807, 2.05) is 45.0 Å². The molecule has 12 nitrogen and oxygen atoms in total. The van der Waals surface area contributed by atoms with Gasteiger partial charge >= 0.3 is 6.09 Å². The van der Waals surface area contributed by atoms with Crippen molar-refractivity contribution in [3.63, 3.8) is 0 Å². The fourth-order valence-corrected chi connectivity index (χ4v) is 6.28. The molecule has 1 amide bonds. The second kappa shape index (κ2) is 14.7. The lowest BCUT2D eigenvalue weighted by Crippen LogP contribution is -2.46. The number of rotatable bonds is 7. The molecule has 2 aromatic rings. The second-order valence-corrected chi connectivity index (χ2v) is 15.4. The number of nitrogens with one attached hydrogen (secondary N) is 3. The summed E-state index contributed by atoms with van der Waals surface area (Å²) < 4.78 is 56.6. The fourth-order valence-electron chi connectivity index (χ4n) is 4.82. The number of sulfonamides is 2. The summed E-state index contributed by atoms with van der Waals surface area (Å²) in [6, 6.07) is 14.2. The number of alkyl carbamates (subject to hydrolysis) is 1. The number of carbonyl (C=O) groups excluding carboxylic acids is 1. The van der Waals surface area contributed by atoms with Gasteiger partial charge in [0.05, 0.1) is 9.79 Å². The van der Waals surface area contributed by atoms with Crippen LogP contribution in [-0.2, 0) is 24.8 Å². The van der Waals surface area contributed by atoms with Crippen LogP contribution in [0.1, 0.15) is 46.5 Å². The van der Waals surface area contributed by atoms with E-state index in [4.69, 9.17) is 10.5 Å². The first-order chi connectivity index (χ1) is 20.1. The lowest BCUT2D eigenvalue weighted by atomic mass is 10.0. The predicted octanol–water partition coefficient (Wildman–Crippen LogP) is 2.61. The minimum atomic E-state index is -3.41. The second-order valence-electron chi connectivity index (χ2n) is 11.6. The van der Waals surface area contributed by atoms with E-state index >= 15 is 0 Å². The zero-order valence-electron chi connectivity index (χ0n) is 25.7. The van der Waals surface area contributed by atoms with E-state index in [1.165, 1.54) is 14.1 Å².